The second-order valence-electron chi connectivity index (χ2n) is 18.6. The van der Waals surface area contributed by atoms with Crippen molar-refractivity contribution < 1.29 is 24.2 Å². The van der Waals surface area contributed by atoms with Gasteiger partial charge in [-0.15, -0.1) is 11.3 Å². The summed E-state index contributed by atoms with van der Waals surface area (Å²) in [6.45, 7) is 9.67. The molecule has 0 spiro atoms. The minimum Gasteiger partial charge on any atom is -0.391 e. The van der Waals surface area contributed by atoms with Gasteiger partial charge >= 0.3 is 0 Å². The van der Waals surface area contributed by atoms with Crippen LogP contribution in [-0.4, -0.2) is 103 Å². The van der Waals surface area contributed by atoms with Crippen molar-refractivity contribution in [3.63, 3.8) is 0 Å². The minimum absolute atomic E-state index is 0.00358. The number of aliphatic hydroxyl groups excluding tert-OH is 1. The Kier molecular flexibility index (Phi) is 15.0. The van der Waals surface area contributed by atoms with Crippen molar-refractivity contribution in [2.75, 3.05) is 31.1 Å². The molecule has 16 nitrogen and oxygen atoms in total. The Morgan fingerprint density at radius 1 is 0.928 bits per heavy atom. The second kappa shape index (κ2) is 21.4. The molecule has 0 bridgehead atoms. The van der Waals surface area contributed by atoms with Crippen LogP contribution in [0, 0.1) is 23.7 Å². The van der Waals surface area contributed by atoms with Gasteiger partial charge in [-0.25, -0.2) is 19.6 Å². The average molecular weight is 949 g/mol. The van der Waals surface area contributed by atoms with Crippen LogP contribution in [0.25, 0.3) is 33.1 Å². The fourth-order valence-electron chi connectivity index (χ4n) is 8.69. The van der Waals surface area contributed by atoms with Gasteiger partial charge in [-0.1, -0.05) is 75.4 Å². The van der Waals surface area contributed by atoms with E-state index in [1.54, 1.807) is 48.0 Å². The van der Waals surface area contributed by atoms with Crippen molar-refractivity contribution in [3.05, 3.63) is 136 Å². The van der Waals surface area contributed by atoms with Crippen molar-refractivity contribution in [2.45, 2.75) is 90.8 Å². The third-order valence-corrected chi connectivity index (χ3v) is 13.5. The van der Waals surface area contributed by atoms with Crippen LogP contribution in [-0.2, 0) is 32.2 Å². The summed E-state index contributed by atoms with van der Waals surface area (Å²) in [5, 5.41) is 30.4. The number of nitrogens with one attached hydrogen (secondary N) is 2. The number of likely N-dealkylation sites (tertiary alicyclic amines) is 1. The molecule has 69 heavy (non-hydrogen) atoms. The van der Waals surface area contributed by atoms with Gasteiger partial charge in [0.25, 0.3) is 5.56 Å². The van der Waals surface area contributed by atoms with E-state index in [-0.39, 0.29) is 62.6 Å². The molecule has 0 saturated carbocycles. The first-order chi connectivity index (χ1) is 33.2. The van der Waals surface area contributed by atoms with E-state index in [9.17, 15) is 29.5 Å². The van der Waals surface area contributed by atoms with Gasteiger partial charge in [0.05, 0.1) is 76.8 Å². The number of rotatable bonds is 15. The summed E-state index contributed by atoms with van der Waals surface area (Å²) in [5.74, 6) is -0.554. The molecule has 6 aromatic rings. The summed E-state index contributed by atoms with van der Waals surface area (Å²) < 4.78 is 7.56. The standard InChI is InChI=1S/C52H56N10O6S/c1-33-47(69-32-57-33)37-13-11-34(12-14-37)27-56-50(66)44-25-41(63)31-61(44)51(67)48(52(2,3)4)58-45(64)19-22-68-42-17-20-60(21-18-42)40-28-54-49(55-29-40)39-10-6-8-36(24-39)30-62-46(65)16-15-43(59-62)38-9-5-7-35(23-38)26-53/h5-16,23-24,28-29,32,41-42,44,48,63H,17-22,25,27,30-31H2,1-4H3,(H,56,66)(H,58,64)/t41-,44+,48-/m1/s1. The van der Waals surface area contributed by atoms with Crippen LogP contribution in [0.2, 0.25) is 0 Å². The number of aryl methyl sites for hydroxylation is 1. The van der Waals surface area contributed by atoms with Crippen LogP contribution < -0.4 is 21.1 Å². The van der Waals surface area contributed by atoms with Crippen molar-refractivity contribution in [1.29, 1.82) is 5.26 Å². The van der Waals surface area contributed by atoms with E-state index in [2.05, 4.69) is 41.7 Å². The number of β-amino-alcohol motifs (C(OH)–C–C–N with tert-alkyl or cyclic N) is 1. The number of nitrogens with zero attached hydrogens (tertiary/aromatic N) is 8. The van der Waals surface area contributed by atoms with Crippen LogP contribution >= 0.6 is 11.3 Å². The third kappa shape index (κ3) is 11.9. The number of aliphatic hydroxyl groups is 1. The van der Waals surface area contributed by atoms with Gasteiger partial charge in [0.15, 0.2) is 5.82 Å². The first-order valence-corrected chi connectivity index (χ1v) is 24.0. The zero-order valence-electron chi connectivity index (χ0n) is 39.2. The summed E-state index contributed by atoms with van der Waals surface area (Å²) in [6, 6.07) is 26.2. The molecule has 356 valence electrons. The molecule has 0 radical (unpaired) electrons. The van der Waals surface area contributed by atoms with Crippen molar-refractivity contribution in [1.82, 2.24) is 40.3 Å². The van der Waals surface area contributed by atoms with Crippen LogP contribution in [0.1, 0.15) is 68.8 Å². The van der Waals surface area contributed by atoms with E-state index in [1.807, 2.05) is 87.8 Å². The molecule has 2 aliphatic heterocycles. The molecule has 5 heterocycles. The van der Waals surface area contributed by atoms with Crippen molar-refractivity contribution in [2.24, 2.45) is 5.41 Å². The highest BCUT2D eigenvalue weighted by atomic mass is 32.1. The molecule has 3 N–H and O–H groups in total. The molecule has 0 unspecified atom stereocenters. The largest absolute Gasteiger partial charge is 0.391 e. The summed E-state index contributed by atoms with van der Waals surface area (Å²) in [4.78, 5) is 72.1. The highest BCUT2D eigenvalue weighted by Crippen LogP contribution is 2.29. The second-order valence-corrected chi connectivity index (χ2v) is 19.5. The number of nitriles is 1. The van der Waals surface area contributed by atoms with Crippen LogP contribution in [0.5, 0.6) is 0 Å². The number of amides is 3. The number of ether oxygens (including phenoxy) is 1. The predicted octanol–water partition coefficient (Wildman–Crippen LogP) is 5.90. The van der Waals surface area contributed by atoms with Gasteiger partial charge in [0.1, 0.15) is 12.1 Å². The lowest BCUT2D eigenvalue weighted by atomic mass is 9.85. The summed E-state index contributed by atoms with van der Waals surface area (Å²) in [5.41, 5.74) is 8.21. The molecule has 2 fully saturated rings. The number of carbonyl (C=O) groups excluding carboxylic acids is 3. The number of carbonyl (C=O) groups is 3. The van der Waals surface area contributed by atoms with Gasteiger partial charge in [0, 0.05) is 56.2 Å². The Labute approximate surface area is 405 Å². The Bertz CT molecular complexity index is 2880. The monoisotopic (exact) mass is 948 g/mol. The maximum absolute atomic E-state index is 14.1. The van der Waals surface area contributed by atoms with Gasteiger partial charge in [-0.05, 0) is 66.1 Å². The molecule has 8 rings (SSSR count). The summed E-state index contributed by atoms with van der Waals surface area (Å²) >= 11 is 1.57. The number of benzene rings is 3. The first-order valence-electron chi connectivity index (χ1n) is 23.1. The van der Waals surface area contributed by atoms with Crippen LogP contribution in [0.3, 0.4) is 0 Å². The summed E-state index contributed by atoms with van der Waals surface area (Å²) in [7, 11) is 0. The lowest BCUT2D eigenvalue weighted by molar-refractivity contribution is -0.144. The fraction of sp³-hybridized carbons (Fsp3) is 0.365. The van der Waals surface area contributed by atoms with E-state index in [4.69, 9.17) is 4.74 Å². The molecule has 2 aliphatic rings. The topological polar surface area (TPSA) is 209 Å². The lowest BCUT2D eigenvalue weighted by Gasteiger charge is -2.35. The molecule has 0 aliphatic carbocycles. The maximum atomic E-state index is 14.1. The van der Waals surface area contributed by atoms with Gasteiger partial charge in [-0.3, -0.25) is 19.2 Å². The lowest BCUT2D eigenvalue weighted by Crippen LogP contribution is -2.57. The number of aromatic nitrogens is 5. The van der Waals surface area contributed by atoms with Gasteiger partial charge < -0.3 is 30.3 Å². The quantitative estimate of drug-likeness (QED) is 0.110. The molecule has 2 saturated heterocycles. The van der Waals surface area contributed by atoms with Crippen LogP contribution in [0.15, 0.2) is 108 Å². The zero-order chi connectivity index (χ0) is 48.7. The summed E-state index contributed by atoms with van der Waals surface area (Å²) in [6.07, 6.45) is 4.35. The Morgan fingerprint density at radius 3 is 2.38 bits per heavy atom. The number of thiazole rings is 1. The number of piperidine rings is 1. The number of hydrogen-bond acceptors (Lipinski definition) is 13. The smallest absolute Gasteiger partial charge is 0.267 e. The molecule has 3 atom stereocenters. The van der Waals surface area contributed by atoms with Crippen LogP contribution in [0.4, 0.5) is 5.69 Å². The average Bonchev–Trinajstić information content (AvgIpc) is 3.98. The third-order valence-electron chi connectivity index (χ3n) is 12.5. The van der Waals surface area contributed by atoms with Crippen molar-refractivity contribution in [3.8, 4) is 39.2 Å². The molecular formula is C52H56N10O6S. The van der Waals surface area contributed by atoms with E-state index in [0.29, 0.717) is 30.2 Å². The fourth-order valence-corrected chi connectivity index (χ4v) is 9.50. The van der Waals surface area contributed by atoms with Crippen molar-refractivity contribution >= 4 is 34.7 Å². The molecule has 3 amide bonds. The highest BCUT2D eigenvalue weighted by Gasteiger charge is 2.44. The number of anilines is 1. The SMILES string of the molecule is Cc1ncsc1-c1ccc(CNC(=O)[C@@H]2C[C@@H](O)CN2C(=O)[C@@H](NC(=O)CCOC2CCN(c3cnc(-c4cccc(Cn5nc(-c6cccc(C#N)c6)ccc5=O)c4)nc3)CC2)C(C)(C)C)cc1. The van der Waals surface area contributed by atoms with Gasteiger partial charge in [0.2, 0.25) is 17.7 Å². The Hall–Kier alpha value is -7.13. The highest BCUT2D eigenvalue weighted by molar-refractivity contribution is 7.13. The minimum atomic E-state index is -0.929. The van der Waals surface area contributed by atoms with Gasteiger partial charge in [-0.2, -0.15) is 10.4 Å². The Balaban J connectivity index is 0.790. The molecule has 17 heteroatoms. The maximum Gasteiger partial charge on any atom is 0.267 e. The number of hydrogen-bond donors (Lipinski definition) is 3. The molecule has 3 aromatic carbocycles. The Morgan fingerprint density at radius 2 is 1.67 bits per heavy atom. The van der Waals surface area contributed by atoms with E-state index in [0.717, 1.165) is 56.9 Å². The zero-order valence-corrected chi connectivity index (χ0v) is 40.0. The molecular weight excluding hydrogens is 893 g/mol. The normalized spacial score (nSPS) is 16.8. The van der Waals surface area contributed by atoms with E-state index < -0.39 is 29.5 Å². The van der Waals surface area contributed by atoms with E-state index >= 15 is 0 Å². The first kappa shape index (κ1) is 48.3. The molecule has 3 aromatic heterocycles. The van der Waals surface area contributed by atoms with E-state index in [1.165, 1.54) is 15.6 Å². The predicted molar refractivity (Wildman–Crippen MR) is 263 cm³/mol.